The van der Waals surface area contributed by atoms with E-state index in [-0.39, 0.29) is 0 Å². The van der Waals surface area contributed by atoms with E-state index >= 15 is 0 Å². The Kier molecular flexibility index (Phi) is 4.63. The van der Waals surface area contributed by atoms with Gasteiger partial charge in [-0.2, -0.15) is 0 Å². The van der Waals surface area contributed by atoms with Crippen molar-refractivity contribution in [2.24, 2.45) is 0 Å². The zero-order valence-electron chi connectivity index (χ0n) is 5.05. The minimum absolute atomic E-state index is 1.15. The maximum atomic E-state index is 10.2. The number of hydrogen-bond donors (Lipinski definition) is 0. The van der Waals surface area contributed by atoms with Crippen molar-refractivity contribution in [3.63, 3.8) is 0 Å². The summed E-state index contributed by atoms with van der Waals surface area (Å²) in [7, 11) is 0. The van der Waals surface area contributed by atoms with Crippen molar-refractivity contribution in [1.82, 2.24) is 0 Å². The van der Waals surface area contributed by atoms with Gasteiger partial charge in [0.15, 0.2) is 0 Å². The largest absolute Gasteiger partial charge is 0.287 e. The van der Waals surface area contributed by atoms with Crippen molar-refractivity contribution in [2.45, 2.75) is 12.5 Å². The highest BCUT2D eigenvalue weighted by Crippen LogP contribution is 2.55. The number of rotatable bonds is 2. The Morgan fingerprint density at radius 1 is 0.833 bits per heavy atom. The molecule has 0 aliphatic rings. The molecule has 0 aliphatic heterocycles. The first-order valence-electron chi connectivity index (χ1n) is 2.28. The Labute approximate surface area is 104 Å². The fraction of sp³-hybridized carbons (Fsp3) is 0.750. The van der Waals surface area contributed by atoms with Gasteiger partial charge in [0, 0.05) is 0 Å². The maximum Gasteiger partial charge on any atom is 0.240 e. The lowest BCUT2D eigenvalue weighted by Crippen LogP contribution is -2.47. The third-order valence-electron chi connectivity index (χ3n) is 0.879. The number of alkyl halides is 7. The van der Waals surface area contributed by atoms with Crippen LogP contribution < -0.4 is 0 Å². The lowest BCUT2D eigenvalue weighted by molar-refractivity contribution is 0.542. The van der Waals surface area contributed by atoms with Crippen LogP contribution in [-0.2, 0) is 4.79 Å². The van der Waals surface area contributed by atoms with Gasteiger partial charge in [-0.1, -0.05) is 81.2 Å². The Bertz CT molecular complexity index is 180. The molecule has 0 unspecified atom stereocenters. The summed E-state index contributed by atoms with van der Waals surface area (Å²) in [5.41, 5.74) is 0. The molecule has 0 amide bonds. The molecule has 0 spiro atoms. The van der Waals surface area contributed by atoms with E-state index in [4.69, 9.17) is 81.2 Å². The summed E-state index contributed by atoms with van der Waals surface area (Å²) in [6.07, 6.45) is 1.15. The predicted molar refractivity (Wildman–Crippen MR) is 54.9 cm³/mol. The third-order valence-corrected chi connectivity index (χ3v) is 4.55. The van der Waals surface area contributed by atoms with E-state index in [1.165, 1.54) is 0 Å². The molecule has 0 saturated carbocycles. The molecule has 0 atom stereocenters. The van der Waals surface area contributed by atoms with E-state index in [1.807, 2.05) is 0 Å². The van der Waals surface area contributed by atoms with Crippen LogP contribution in [0.15, 0.2) is 0 Å². The molecule has 1 radical (unpaired) electrons. The van der Waals surface area contributed by atoms with Crippen molar-refractivity contribution >= 4 is 87.5 Å². The Morgan fingerprint density at radius 3 is 1.25 bits per heavy atom. The fourth-order valence-corrected chi connectivity index (χ4v) is 1.32. The molecular formula is C4Cl7O. The van der Waals surface area contributed by atoms with Gasteiger partial charge in [0.1, 0.15) is 0 Å². The van der Waals surface area contributed by atoms with Crippen molar-refractivity contribution < 1.29 is 4.79 Å². The van der Waals surface area contributed by atoms with Gasteiger partial charge in [-0.15, -0.1) is 0 Å². The maximum absolute atomic E-state index is 10.2. The van der Waals surface area contributed by atoms with Crippen molar-refractivity contribution in [3.8, 4) is 0 Å². The van der Waals surface area contributed by atoms with Crippen molar-refractivity contribution in [3.05, 3.63) is 0 Å². The van der Waals surface area contributed by atoms with Crippen LogP contribution >= 0.6 is 81.2 Å². The standard InChI is InChI=1S/C4Cl7O/c5-2(6,1-12)3(7,8)4(9,10)11. The van der Waals surface area contributed by atoms with E-state index in [2.05, 4.69) is 0 Å². The van der Waals surface area contributed by atoms with Crippen molar-refractivity contribution in [2.75, 3.05) is 0 Å². The molecule has 0 aromatic rings. The van der Waals surface area contributed by atoms with Gasteiger partial charge in [-0.3, -0.25) is 4.79 Å². The molecule has 71 valence electrons. The molecular weight excluding hydrogens is 312 g/mol. The van der Waals surface area contributed by atoms with E-state index in [9.17, 15) is 4.79 Å². The monoisotopic (exact) mass is 309 g/mol. The second-order valence-electron chi connectivity index (χ2n) is 1.75. The highest BCUT2D eigenvalue weighted by atomic mass is 35.6. The summed E-state index contributed by atoms with van der Waals surface area (Å²) in [4.78, 5) is 10.2. The highest BCUT2D eigenvalue weighted by Gasteiger charge is 2.60. The molecule has 0 aromatic heterocycles. The summed E-state index contributed by atoms with van der Waals surface area (Å²) in [5.74, 6) is 0. The van der Waals surface area contributed by atoms with Crippen molar-refractivity contribution in [1.29, 1.82) is 0 Å². The van der Waals surface area contributed by atoms with Gasteiger partial charge < -0.3 is 0 Å². The van der Waals surface area contributed by atoms with Crippen LogP contribution in [0.2, 0.25) is 0 Å². The number of carbonyl (C=O) groups excluding carboxylic acids is 1. The molecule has 1 nitrogen and oxygen atoms in total. The van der Waals surface area contributed by atoms with Gasteiger partial charge in [0.05, 0.1) is 0 Å². The van der Waals surface area contributed by atoms with E-state index < -0.39 is 12.5 Å². The van der Waals surface area contributed by atoms with Gasteiger partial charge >= 0.3 is 0 Å². The molecule has 0 bridgehead atoms. The summed E-state index contributed by atoms with van der Waals surface area (Å²) < 4.78 is -6.77. The quantitative estimate of drug-likeness (QED) is 0.709. The Balaban J connectivity index is 4.97. The minimum Gasteiger partial charge on any atom is -0.287 e. The van der Waals surface area contributed by atoms with Crippen LogP contribution in [0, 0.1) is 0 Å². The SMILES string of the molecule is O=[C]C(Cl)(Cl)C(Cl)(Cl)C(Cl)(Cl)Cl. The summed E-state index contributed by atoms with van der Waals surface area (Å²) in [6, 6.07) is 0. The Hall–Kier alpha value is 1.70. The van der Waals surface area contributed by atoms with Gasteiger partial charge in [0.25, 0.3) is 0 Å². The molecule has 8 heteroatoms. The topological polar surface area (TPSA) is 17.1 Å². The van der Waals surface area contributed by atoms with Crippen LogP contribution in [0.3, 0.4) is 0 Å². The zero-order chi connectivity index (χ0) is 10.2. The smallest absolute Gasteiger partial charge is 0.240 e. The van der Waals surface area contributed by atoms with E-state index in [0.717, 1.165) is 6.29 Å². The van der Waals surface area contributed by atoms with Gasteiger partial charge in [-0.25, -0.2) is 0 Å². The molecule has 0 heterocycles. The molecule has 0 N–H and O–H groups in total. The lowest BCUT2D eigenvalue weighted by Gasteiger charge is -2.33. The predicted octanol–water partition coefficient (Wildman–Crippen LogP) is 3.81. The first kappa shape index (κ1) is 13.7. The van der Waals surface area contributed by atoms with E-state index in [0.29, 0.717) is 0 Å². The zero-order valence-corrected chi connectivity index (χ0v) is 10.3. The first-order chi connectivity index (χ1) is 5.06. The molecule has 0 rings (SSSR count). The lowest BCUT2D eigenvalue weighted by atomic mass is 10.3. The Morgan fingerprint density at radius 2 is 1.17 bits per heavy atom. The number of halogens is 7. The van der Waals surface area contributed by atoms with Crippen LogP contribution in [0.1, 0.15) is 0 Å². The van der Waals surface area contributed by atoms with Crippen LogP contribution in [-0.4, -0.2) is 18.7 Å². The van der Waals surface area contributed by atoms with E-state index in [1.54, 1.807) is 0 Å². The highest BCUT2D eigenvalue weighted by molar-refractivity contribution is 6.80. The van der Waals surface area contributed by atoms with Gasteiger partial charge in [0.2, 0.25) is 18.7 Å². The average molecular weight is 312 g/mol. The molecule has 0 aromatic carbocycles. The minimum atomic E-state index is -2.30. The summed E-state index contributed by atoms with van der Waals surface area (Å²) in [5, 5.41) is 0. The fourth-order valence-electron chi connectivity index (χ4n) is 0.242. The number of hydrogen-bond acceptors (Lipinski definition) is 1. The first-order valence-corrected chi connectivity index (χ1v) is 4.92. The van der Waals surface area contributed by atoms with Gasteiger partial charge in [-0.05, 0) is 0 Å². The molecule has 12 heavy (non-hydrogen) atoms. The van der Waals surface area contributed by atoms with Crippen LogP contribution in [0.4, 0.5) is 0 Å². The molecule has 0 saturated heterocycles. The van der Waals surface area contributed by atoms with Crippen LogP contribution in [0.5, 0.6) is 0 Å². The normalized spacial score (nSPS) is 14.6. The summed E-state index contributed by atoms with van der Waals surface area (Å²) in [6.45, 7) is 0. The molecule has 0 fully saturated rings. The van der Waals surface area contributed by atoms with Crippen LogP contribution in [0.25, 0.3) is 0 Å². The second-order valence-corrected chi connectivity index (χ2v) is 6.68. The average Bonchev–Trinajstić information content (AvgIpc) is 1.85. The molecule has 0 aliphatic carbocycles. The third kappa shape index (κ3) is 2.60. The second kappa shape index (κ2) is 4.06. The summed E-state index contributed by atoms with van der Waals surface area (Å²) >= 11 is 37.5.